The van der Waals surface area contributed by atoms with Gasteiger partial charge in [0.25, 0.3) is 0 Å². The molecule has 0 amide bonds. The van der Waals surface area contributed by atoms with Crippen molar-refractivity contribution >= 4 is 29.9 Å². The van der Waals surface area contributed by atoms with Crippen molar-refractivity contribution < 1.29 is 0 Å². The average Bonchev–Trinajstić information content (AvgIpc) is 3.03. The van der Waals surface area contributed by atoms with Crippen LogP contribution in [-0.2, 0) is 6.42 Å². The smallest absolute Gasteiger partial charge is 0.190 e. The number of aliphatic imine (C=N–C) groups is 1. The predicted molar refractivity (Wildman–Crippen MR) is 147 cm³/mol. The number of rotatable bonds is 9. The van der Waals surface area contributed by atoms with Gasteiger partial charge in [0.05, 0.1) is 0 Å². The number of halogens is 1. The summed E-state index contributed by atoms with van der Waals surface area (Å²) in [5, 5.41) is 7.07. The molecule has 1 unspecified atom stereocenters. The van der Waals surface area contributed by atoms with Crippen LogP contribution < -0.4 is 10.6 Å². The molecular formula is C26H40IN5. The van der Waals surface area contributed by atoms with Crippen molar-refractivity contribution in [2.45, 2.75) is 25.2 Å². The Labute approximate surface area is 211 Å². The minimum Gasteiger partial charge on any atom is -0.356 e. The molecule has 1 saturated heterocycles. The van der Waals surface area contributed by atoms with Crippen LogP contribution in [0.25, 0.3) is 0 Å². The Morgan fingerprint density at radius 3 is 2.38 bits per heavy atom. The lowest BCUT2D eigenvalue weighted by molar-refractivity contribution is 0.274. The molecule has 1 heterocycles. The number of hydrogen-bond acceptors (Lipinski definition) is 3. The maximum Gasteiger partial charge on any atom is 0.190 e. The van der Waals surface area contributed by atoms with Gasteiger partial charge in [0.1, 0.15) is 0 Å². The van der Waals surface area contributed by atoms with Gasteiger partial charge in [0.2, 0.25) is 0 Å². The Kier molecular flexibility index (Phi) is 12.7. The first kappa shape index (κ1) is 26.6. The topological polar surface area (TPSA) is 42.9 Å². The fourth-order valence-corrected chi connectivity index (χ4v) is 4.21. The van der Waals surface area contributed by atoms with E-state index in [1.165, 1.54) is 43.7 Å². The second-order valence-electron chi connectivity index (χ2n) is 8.53. The number of benzene rings is 2. The summed E-state index contributed by atoms with van der Waals surface area (Å²) in [7, 11) is 4.08. The molecule has 0 spiro atoms. The molecule has 1 fully saturated rings. The Balaban J connectivity index is 0.00000363. The maximum absolute atomic E-state index is 4.44. The zero-order valence-corrected chi connectivity index (χ0v) is 22.0. The first-order chi connectivity index (χ1) is 15.2. The number of nitrogens with zero attached hydrogens (tertiary/aromatic N) is 3. The summed E-state index contributed by atoms with van der Waals surface area (Å²) in [5.41, 5.74) is 2.73. The van der Waals surface area contributed by atoms with Crippen molar-refractivity contribution in [1.29, 1.82) is 0 Å². The molecule has 0 saturated carbocycles. The second-order valence-corrected chi connectivity index (χ2v) is 8.53. The SMILES string of the molecule is CN=C(NCCCN1CCCN(C)CC1)NCC(Cc1ccccc1)c1ccccc1.I. The largest absolute Gasteiger partial charge is 0.356 e. The molecule has 1 aliphatic rings. The van der Waals surface area contributed by atoms with Crippen molar-refractivity contribution in [2.24, 2.45) is 4.99 Å². The summed E-state index contributed by atoms with van der Waals surface area (Å²) in [6.45, 7) is 7.75. The third-order valence-corrected chi connectivity index (χ3v) is 6.09. The molecular weight excluding hydrogens is 509 g/mol. The summed E-state index contributed by atoms with van der Waals surface area (Å²) >= 11 is 0. The fraction of sp³-hybridized carbons (Fsp3) is 0.500. The Bertz CT molecular complexity index is 768. The van der Waals surface area contributed by atoms with E-state index < -0.39 is 0 Å². The van der Waals surface area contributed by atoms with E-state index in [2.05, 4.69) is 93.1 Å². The van der Waals surface area contributed by atoms with E-state index >= 15 is 0 Å². The fourth-order valence-electron chi connectivity index (χ4n) is 4.21. The van der Waals surface area contributed by atoms with Gasteiger partial charge >= 0.3 is 0 Å². The van der Waals surface area contributed by atoms with Crippen LogP contribution in [0.5, 0.6) is 0 Å². The highest BCUT2D eigenvalue weighted by molar-refractivity contribution is 14.0. The van der Waals surface area contributed by atoms with Crippen molar-refractivity contribution in [2.75, 3.05) is 59.9 Å². The van der Waals surface area contributed by atoms with Gasteiger partial charge in [-0.05, 0) is 57.1 Å². The zero-order chi connectivity index (χ0) is 21.7. The molecule has 2 aromatic carbocycles. The highest BCUT2D eigenvalue weighted by Gasteiger charge is 2.14. The minimum atomic E-state index is 0. The minimum absolute atomic E-state index is 0. The number of hydrogen-bond donors (Lipinski definition) is 2. The van der Waals surface area contributed by atoms with Gasteiger partial charge in [-0.15, -0.1) is 24.0 Å². The number of likely N-dealkylation sites (N-methyl/N-ethyl adjacent to an activating group) is 1. The van der Waals surface area contributed by atoms with Crippen LogP contribution in [0.15, 0.2) is 65.7 Å². The van der Waals surface area contributed by atoms with Crippen LogP contribution in [0.3, 0.4) is 0 Å². The highest BCUT2D eigenvalue weighted by Crippen LogP contribution is 2.20. The van der Waals surface area contributed by atoms with Crippen LogP contribution in [0.2, 0.25) is 0 Å². The first-order valence-corrected chi connectivity index (χ1v) is 11.7. The van der Waals surface area contributed by atoms with Crippen LogP contribution in [0, 0.1) is 0 Å². The molecule has 176 valence electrons. The first-order valence-electron chi connectivity index (χ1n) is 11.7. The maximum atomic E-state index is 4.44. The van der Waals surface area contributed by atoms with Gasteiger partial charge in [-0.25, -0.2) is 0 Å². The summed E-state index contributed by atoms with van der Waals surface area (Å²) < 4.78 is 0. The third-order valence-electron chi connectivity index (χ3n) is 6.09. The van der Waals surface area contributed by atoms with E-state index in [4.69, 9.17) is 0 Å². The molecule has 0 bridgehead atoms. The molecule has 32 heavy (non-hydrogen) atoms. The molecule has 2 N–H and O–H groups in total. The molecule has 0 aliphatic carbocycles. The van der Waals surface area contributed by atoms with E-state index in [-0.39, 0.29) is 24.0 Å². The van der Waals surface area contributed by atoms with Gasteiger partial charge < -0.3 is 20.4 Å². The molecule has 6 heteroatoms. The standard InChI is InChI=1S/C26H39N5.HI/c1-27-26(28-15-9-17-31-18-10-16-30(2)19-20-31)29-22-25(24-13-7-4-8-14-24)21-23-11-5-3-6-12-23;/h3-8,11-14,25H,9-10,15-22H2,1-2H3,(H2,27,28,29);1H. The molecule has 2 aromatic rings. The van der Waals surface area contributed by atoms with Gasteiger partial charge in [0, 0.05) is 39.1 Å². The van der Waals surface area contributed by atoms with E-state index in [1.807, 2.05) is 7.05 Å². The molecule has 5 nitrogen and oxygen atoms in total. The van der Waals surface area contributed by atoms with Crippen molar-refractivity contribution in [1.82, 2.24) is 20.4 Å². The quantitative estimate of drug-likeness (QED) is 0.216. The average molecular weight is 550 g/mol. The normalized spacial score (nSPS) is 16.6. The van der Waals surface area contributed by atoms with Crippen LogP contribution in [0.1, 0.15) is 29.9 Å². The Morgan fingerprint density at radius 1 is 0.938 bits per heavy atom. The van der Waals surface area contributed by atoms with Crippen LogP contribution in [0.4, 0.5) is 0 Å². The molecule has 0 aromatic heterocycles. The Morgan fingerprint density at radius 2 is 1.66 bits per heavy atom. The number of guanidine groups is 1. The summed E-state index contributed by atoms with van der Waals surface area (Å²) in [6.07, 6.45) is 3.42. The second kappa shape index (κ2) is 15.2. The lowest BCUT2D eigenvalue weighted by Gasteiger charge is -2.22. The molecule has 1 atom stereocenters. The lowest BCUT2D eigenvalue weighted by atomic mass is 9.92. The van der Waals surface area contributed by atoms with Crippen molar-refractivity contribution in [3.8, 4) is 0 Å². The lowest BCUT2D eigenvalue weighted by Crippen LogP contribution is -2.41. The van der Waals surface area contributed by atoms with Crippen LogP contribution >= 0.6 is 24.0 Å². The van der Waals surface area contributed by atoms with Crippen molar-refractivity contribution in [3.05, 3.63) is 71.8 Å². The van der Waals surface area contributed by atoms with Gasteiger partial charge in [-0.2, -0.15) is 0 Å². The van der Waals surface area contributed by atoms with Gasteiger partial charge in [-0.1, -0.05) is 60.7 Å². The monoisotopic (exact) mass is 549 g/mol. The third kappa shape index (κ3) is 9.46. The highest BCUT2D eigenvalue weighted by atomic mass is 127. The summed E-state index contributed by atoms with van der Waals surface area (Å²) in [5.74, 6) is 1.29. The van der Waals surface area contributed by atoms with E-state index in [0.717, 1.165) is 38.4 Å². The van der Waals surface area contributed by atoms with Crippen LogP contribution in [-0.4, -0.2) is 75.7 Å². The zero-order valence-electron chi connectivity index (χ0n) is 19.7. The Hall–Kier alpha value is -1.64. The van der Waals surface area contributed by atoms with Gasteiger partial charge in [0.15, 0.2) is 5.96 Å². The van der Waals surface area contributed by atoms with Gasteiger partial charge in [-0.3, -0.25) is 4.99 Å². The summed E-state index contributed by atoms with van der Waals surface area (Å²) in [6, 6.07) is 21.5. The van der Waals surface area contributed by atoms with E-state index in [0.29, 0.717) is 5.92 Å². The van der Waals surface area contributed by atoms with E-state index in [9.17, 15) is 0 Å². The predicted octanol–water partition coefficient (Wildman–Crippen LogP) is 3.82. The molecule has 1 aliphatic heterocycles. The summed E-state index contributed by atoms with van der Waals surface area (Å²) in [4.78, 5) is 9.47. The van der Waals surface area contributed by atoms with E-state index in [1.54, 1.807) is 0 Å². The molecule has 3 rings (SSSR count). The number of nitrogens with one attached hydrogen (secondary N) is 2. The van der Waals surface area contributed by atoms with Crippen molar-refractivity contribution in [3.63, 3.8) is 0 Å². The molecule has 0 radical (unpaired) electrons.